The van der Waals surface area contributed by atoms with Gasteiger partial charge in [0.25, 0.3) is 0 Å². The third-order valence-corrected chi connectivity index (χ3v) is 4.41. The summed E-state index contributed by atoms with van der Waals surface area (Å²) >= 11 is 0. The van der Waals surface area contributed by atoms with Crippen LogP contribution in [0.4, 0.5) is 4.79 Å². The number of unbranched alkanes of at least 4 members (excludes halogenated alkanes) is 2. The molecule has 6 nitrogen and oxygen atoms in total. The summed E-state index contributed by atoms with van der Waals surface area (Å²) < 4.78 is 16.6. The molecule has 29 heavy (non-hydrogen) atoms. The lowest BCUT2D eigenvalue weighted by Crippen LogP contribution is -2.43. The smallest absolute Gasteiger partial charge is 0.407 e. The fourth-order valence-electron chi connectivity index (χ4n) is 3.01. The Bertz CT molecular complexity index is 469. The first-order valence-electron chi connectivity index (χ1n) is 11.1. The molecule has 1 amide bonds. The first-order chi connectivity index (χ1) is 13.3. The van der Waals surface area contributed by atoms with E-state index in [9.17, 15) is 9.59 Å². The molecule has 0 aromatic heterocycles. The summed E-state index contributed by atoms with van der Waals surface area (Å²) in [4.78, 5) is 24.1. The van der Waals surface area contributed by atoms with Gasteiger partial charge < -0.3 is 19.5 Å². The molecule has 0 radical (unpaired) electrons. The number of nitrogens with one attached hydrogen (secondary N) is 1. The Balaban J connectivity index is 4.87. The molecule has 0 atom stereocenters. The van der Waals surface area contributed by atoms with Gasteiger partial charge in [0.2, 0.25) is 0 Å². The van der Waals surface area contributed by atoms with Crippen molar-refractivity contribution in [3.63, 3.8) is 0 Å². The van der Waals surface area contributed by atoms with Crippen molar-refractivity contribution in [2.75, 3.05) is 19.8 Å². The third-order valence-electron chi connectivity index (χ3n) is 4.41. The van der Waals surface area contributed by atoms with E-state index in [4.69, 9.17) is 14.2 Å². The highest BCUT2D eigenvalue weighted by atomic mass is 16.6. The maximum absolute atomic E-state index is 12.2. The topological polar surface area (TPSA) is 73.9 Å². The summed E-state index contributed by atoms with van der Waals surface area (Å²) in [6.45, 7) is 16.8. The Morgan fingerprint density at radius 2 is 1.34 bits per heavy atom. The van der Waals surface area contributed by atoms with Crippen molar-refractivity contribution in [2.24, 2.45) is 5.41 Å². The molecule has 0 rings (SSSR count). The van der Waals surface area contributed by atoms with E-state index in [2.05, 4.69) is 19.2 Å². The van der Waals surface area contributed by atoms with Crippen LogP contribution in [0.1, 0.15) is 100 Å². The van der Waals surface area contributed by atoms with Crippen LogP contribution < -0.4 is 5.32 Å². The Hall–Kier alpha value is -1.30. The van der Waals surface area contributed by atoms with E-state index in [1.165, 1.54) is 0 Å². The predicted molar refractivity (Wildman–Crippen MR) is 117 cm³/mol. The van der Waals surface area contributed by atoms with Crippen molar-refractivity contribution >= 4 is 12.1 Å². The summed E-state index contributed by atoms with van der Waals surface area (Å²) in [6, 6.07) is 0. The molecule has 0 bridgehead atoms. The minimum Gasteiger partial charge on any atom is -0.460 e. The molecule has 0 fully saturated rings. The minimum atomic E-state index is -0.524. The second-order valence-electron chi connectivity index (χ2n) is 9.95. The second kappa shape index (κ2) is 13.1. The molecule has 0 aliphatic carbocycles. The lowest BCUT2D eigenvalue weighted by Gasteiger charge is -2.34. The number of hydrogen-bond acceptors (Lipinski definition) is 5. The third kappa shape index (κ3) is 15.2. The molecule has 0 unspecified atom stereocenters. The summed E-state index contributed by atoms with van der Waals surface area (Å²) in [5, 5.41) is 2.95. The van der Waals surface area contributed by atoms with Crippen LogP contribution in [0.25, 0.3) is 0 Å². The number of rotatable bonds is 13. The second-order valence-corrected chi connectivity index (χ2v) is 9.95. The van der Waals surface area contributed by atoms with E-state index in [0.29, 0.717) is 19.8 Å². The van der Waals surface area contributed by atoms with E-state index in [-0.39, 0.29) is 17.8 Å². The lowest BCUT2D eigenvalue weighted by atomic mass is 9.78. The Kier molecular flexibility index (Phi) is 12.5. The quantitative estimate of drug-likeness (QED) is 0.312. The number of esters is 1. The van der Waals surface area contributed by atoms with Crippen LogP contribution in [0.2, 0.25) is 0 Å². The highest BCUT2D eigenvalue weighted by Crippen LogP contribution is 2.31. The summed E-state index contributed by atoms with van der Waals surface area (Å²) in [5.41, 5.74) is -1.17. The van der Waals surface area contributed by atoms with Crippen LogP contribution in [0.5, 0.6) is 0 Å². The van der Waals surface area contributed by atoms with Crippen molar-refractivity contribution < 1.29 is 23.8 Å². The number of alkyl carbamates (subject to hydrolysis) is 1. The van der Waals surface area contributed by atoms with Crippen molar-refractivity contribution in [3.05, 3.63) is 0 Å². The standard InChI is InChI=1S/C23H45NO5/c1-9-11-14-23(15-12-10-2,17-24-20(26)29-22(6,7)8)18-27-16-13-19(25)28-21(3,4)5/h9-18H2,1-8H3,(H,24,26). The number of carbonyl (C=O) groups excluding carboxylic acids is 2. The predicted octanol–water partition coefficient (Wildman–Crippen LogP) is 5.63. The molecule has 0 aromatic carbocycles. The number of carbonyl (C=O) groups is 2. The van der Waals surface area contributed by atoms with Gasteiger partial charge in [0.05, 0.1) is 19.6 Å². The van der Waals surface area contributed by atoms with Crippen LogP contribution in [0.15, 0.2) is 0 Å². The van der Waals surface area contributed by atoms with Crippen LogP contribution in [0.3, 0.4) is 0 Å². The molecule has 0 heterocycles. The van der Waals surface area contributed by atoms with Crippen LogP contribution >= 0.6 is 0 Å². The van der Waals surface area contributed by atoms with Gasteiger partial charge in [0.1, 0.15) is 11.2 Å². The molecule has 0 aliphatic rings. The molecular weight excluding hydrogens is 370 g/mol. The number of hydrogen-bond donors (Lipinski definition) is 1. The van der Waals surface area contributed by atoms with E-state index in [0.717, 1.165) is 38.5 Å². The van der Waals surface area contributed by atoms with Crippen molar-refractivity contribution in [2.45, 2.75) is 112 Å². The highest BCUT2D eigenvalue weighted by molar-refractivity contribution is 5.69. The Morgan fingerprint density at radius 1 is 0.828 bits per heavy atom. The SMILES string of the molecule is CCCCC(CCCC)(CNC(=O)OC(C)(C)C)COCCC(=O)OC(C)(C)C. The van der Waals surface area contributed by atoms with Crippen molar-refractivity contribution in [3.8, 4) is 0 Å². The van der Waals surface area contributed by atoms with Gasteiger partial charge >= 0.3 is 12.1 Å². The Labute approximate surface area is 178 Å². The van der Waals surface area contributed by atoms with E-state index in [1.807, 2.05) is 41.5 Å². The molecule has 0 saturated heterocycles. The molecule has 0 saturated carbocycles. The van der Waals surface area contributed by atoms with Gasteiger partial charge in [0, 0.05) is 12.0 Å². The molecule has 172 valence electrons. The maximum Gasteiger partial charge on any atom is 0.407 e. The van der Waals surface area contributed by atoms with Gasteiger partial charge in [-0.3, -0.25) is 4.79 Å². The first-order valence-corrected chi connectivity index (χ1v) is 11.1. The van der Waals surface area contributed by atoms with Crippen LogP contribution in [-0.4, -0.2) is 43.0 Å². The lowest BCUT2D eigenvalue weighted by molar-refractivity contribution is -0.156. The zero-order valence-corrected chi connectivity index (χ0v) is 20.1. The van der Waals surface area contributed by atoms with Gasteiger partial charge in [-0.2, -0.15) is 0 Å². The molecule has 0 aromatic rings. The van der Waals surface area contributed by atoms with E-state index >= 15 is 0 Å². The molecule has 0 spiro atoms. The number of amides is 1. The van der Waals surface area contributed by atoms with Crippen molar-refractivity contribution in [1.82, 2.24) is 5.32 Å². The highest BCUT2D eigenvalue weighted by Gasteiger charge is 2.31. The maximum atomic E-state index is 12.2. The zero-order chi connectivity index (χ0) is 22.6. The molecular formula is C23H45NO5. The number of ether oxygens (including phenoxy) is 3. The minimum absolute atomic E-state index is 0.156. The fourth-order valence-corrected chi connectivity index (χ4v) is 3.01. The van der Waals surface area contributed by atoms with Crippen molar-refractivity contribution in [1.29, 1.82) is 0 Å². The monoisotopic (exact) mass is 415 g/mol. The zero-order valence-electron chi connectivity index (χ0n) is 20.1. The van der Waals surface area contributed by atoms with E-state index in [1.54, 1.807) is 0 Å². The average Bonchev–Trinajstić information content (AvgIpc) is 2.56. The molecule has 1 N–H and O–H groups in total. The van der Waals surface area contributed by atoms with E-state index < -0.39 is 17.3 Å². The normalized spacial score (nSPS) is 12.6. The van der Waals surface area contributed by atoms with Gasteiger partial charge in [0.15, 0.2) is 0 Å². The summed E-state index contributed by atoms with van der Waals surface area (Å²) in [5.74, 6) is -0.253. The fraction of sp³-hybridized carbons (Fsp3) is 0.913. The Morgan fingerprint density at radius 3 is 1.79 bits per heavy atom. The van der Waals surface area contributed by atoms with Gasteiger partial charge in [-0.1, -0.05) is 39.5 Å². The molecule has 6 heteroatoms. The largest absolute Gasteiger partial charge is 0.460 e. The van der Waals surface area contributed by atoms with Gasteiger partial charge in [-0.15, -0.1) is 0 Å². The average molecular weight is 416 g/mol. The first kappa shape index (κ1) is 27.7. The van der Waals surface area contributed by atoms with Crippen LogP contribution in [0, 0.1) is 5.41 Å². The summed E-state index contributed by atoms with van der Waals surface area (Å²) in [6.07, 6.45) is 6.05. The van der Waals surface area contributed by atoms with Gasteiger partial charge in [-0.05, 0) is 54.4 Å². The van der Waals surface area contributed by atoms with Crippen LogP contribution in [-0.2, 0) is 19.0 Å². The van der Waals surface area contributed by atoms with Gasteiger partial charge in [-0.25, -0.2) is 4.79 Å². The molecule has 0 aliphatic heterocycles. The summed E-state index contributed by atoms with van der Waals surface area (Å²) in [7, 11) is 0.